The van der Waals surface area contributed by atoms with Gasteiger partial charge < -0.3 is 9.80 Å². The summed E-state index contributed by atoms with van der Waals surface area (Å²) in [5, 5.41) is 0. The minimum atomic E-state index is -0.426. The summed E-state index contributed by atoms with van der Waals surface area (Å²) in [4.78, 5) is 86.7. The molecule has 6 aromatic rings. The van der Waals surface area contributed by atoms with E-state index in [1.807, 2.05) is 62.4 Å². The van der Waals surface area contributed by atoms with E-state index in [1.54, 1.807) is 107 Å². The third-order valence-electron chi connectivity index (χ3n) is 10.2. The zero-order valence-corrected chi connectivity index (χ0v) is 30.5. The van der Waals surface area contributed by atoms with Crippen LogP contribution in [0.3, 0.4) is 0 Å². The lowest BCUT2D eigenvalue weighted by Crippen LogP contribution is -2.42. The second-order valence-electron chi connectivity index (χ2n) is 13.6. The molecule has 0 unspecified atom stereocenters. The first-order chi connectivity index (χ1) is 27.1. The molecular weight excluding hydrogens is 705 g/mol. The molecule has 2 aliphatic rings. The van der Waals surface area contributed by atoms with Gasteiger partial charge >= 0.3 is 0 Å². The minimum Gasteiger partial charge on any atom is -0.306 e. The Hall–Kier alpha value is -7.46. The van der Waals surface area contributed by atoms with Crippen molar-refractivity contribution in [2.75, 3.05) is 32.7 Å². The molecule has 10 heteroatoms. The number of nitrogens with zero attached hydrogens (tertiary/aromatic N) is 4. The first-order valence-electron chi connectivity index (χ1n) is 18.0. The van der Waals surface area contributed by atoms with Crippen LogP contribution in [0.25, 0.3) is 0 Å². The Morgan fingerprint density at radius 1 is 0.411 bits per heavy atom. The number of rotatable bonds is 9. The highest BCUT2D eigenvalue weighted by molar-refractivity contribution is 6.35. The highest BCUT2D eigenvalue weighted by atomic mass is 16.2. The van der Waals surface area contributed by atoms with Gasteiger partial charge in [0.15, 0.2) is 0 Å². The number of anilines is 4. The first-order valence-corrected chi connectivity index (χ1v) is 18.0. The van der Waals surface area contributed by atoms with Crippen LogP contribution in [-0.2, 0) is 0 Å². The van der Waals surface area contributed by atoms with E-state index in [1.165, 1.54) is 0 Å². The highest BCUT2D eigenvalue weighted by Crippen LogP contribution is 2.32. The molecule has 0 aromatic heterocycles. The van der Waals surface area contributed by atoms with Crippen LogP contribution in [0.1, 0.15) is 73.3 Å². The second kappa shape index (κ2) is 14.4. The number of carbonyl (C=O) groups excluding carboxylic acids is 6. The van der Waals surface area contributed by atoms with Crippen molar-refractivity contribution in [2.45, 2.75) is 13.8 Å². The fraction of sp³-hybridized carbons (Fsp3) is 0.0870. The van der Waals surface area contributed by atoms with E-state index in [0.717, 1.165) is 20.9 Å². The molecule has 8 rings (SSSR count). The summed E-state index contributed by atoms with van der Waals surface area (Å²) < 4.78 is 0. The molecule has 0 N–H and O–H groups in total. The van der Waals surface area contributed by atoms with E-state index in [0.29, 0.717) is 56.1 Å². The molecule has 274 valence electrons. The molecule has 56 heavy (non-hydrogen) atoms. The van der Waals surface area contributed by atoms with Crippen LogP contribution >= 0.6 is 0 Å². The molecule has 0 radical (unpaired) electrons. The summed E-state index contributed by atoms with van der Waals surface area (Å²) in [6.45, 7) is 4.02. The van der Waals surface area contributed by atoms with Gasteiger partial charge in [0.2, 0.25) is 0 Å². The monoisotopic (exact) mass is 738 g/mol. The molecule has 0 saturated heterocycles. The Labute approximate surface area is 322 Å². The van der Waals surface area contributed by atoms with Gasteiger partial charge in [0.1, 0.15) is 0 Å². The average molecular weight is 739 g/mol. The quantitative estimate of drug-likeness (QED) is 0.139. The Morgan fingerprint density at radius 3 is 1.00 bits per heavy atom. The number of aryl methyl sites for hydroxylation is 2. The van der Waals surface area contributed by atoms with Crippen molar-refractivity contribution in [2.24, 2.45) is 0 Å². The molecule has 0 spiro atoms. The molecule has 0 saturated carbocycles. The Kier molecular flexibility index (Phi) is 9.15. The summed E-state index contributed by atoms with van der Waals surface area (Å²) in [5.41, 5.74) is 5.67. The predicted octanol–water partition coefficient (Wildman–Crippen LogP) is 7.90. The summed E-state index contributed by atoms with van der Waals surface area (Å²) in [7, 11) is 0. The van der Waals surface area contributed by atoms with Crippen LogP contribution in [0, 0.1) is 13.8 Å². The molecule has 0 fully saturated rings. The smallest absolute Gasteiger partial charge is 0.266 e. The standard InChI is InChI=1S/C46H34N4O6/c1-29-11-3-9-17-39(29)47(41(51)31-19-23-33(24-20-31)49-43(53)35-13-5-6-14-36(35)44(49)54)27-28-48(40-18-10-4-12-30(40)2)42(52)32-21-25-34(26-22-32)50-45(55)37-15-7-8-16-38(37)46(50)56/h3-26H,27-28H2,1-2H3. The zero-order chi connectivity index (χ0) is 39.1. The third-order valence-corrected chi connectivity index (χ3v) is 10.2. The zero-order valence-electron chi connectivity index (χ0n) is 30.5. The van der Waals surface area contributed by atoms with Crippen molar-refractivity contribution in [1.29, 1.82) is 0 Å². The van der Waals surface area contributed by atoms with E-state index >= 15 is 0 Å². The number of hydrogen-bond acceptors (Lipinski definition) is 6. The maximum Gasteiger partial charge on any atom is 0.266 e. The number of imide groups is 2. The SMILES string of the molecule is Cc1ccccc1N(CCN(C(=O)c1ccc(N2C(=O)c3ccccc3C2=O)cc1)c1ccccc1C)C(=O)c1ccc(N2C(=O)c3ccccc3C2=O)cc1. The lowest BCUT2D eigenvalue weighted by Gasteiger charge is -2.30. The van der Waals surface area contributed by atoms with Gasteiger partial charge in [-0.25, -0.2) is 9.80 Å². The molecule has 0 atom stereocenters. The summed E-state index contributed by atoms with van der Waals surface area (Å²) >= 11 is 0. The van der Waals surface area contributed by atoms with Crippen molar-refractivity contribution in [3.63, 3.8) is 0 Å². The number of carbonyl (C=O) groups is 6. The van der Waals surface area contributed by atoms with Gasteiger partial charge in [-0.1, -0.05) is 60.7 Å². The molecule has 0 aliphatic carbocycles. The van der Waals surface area contributed by atoms with E-state index < -0.39 is 23.6 Å². The largest absolute Gasteiger partial charge is 0.306 e. The summed E-state index contributed by atoms with van der Waals surface area (Å²) in [6.07, 6.45) is 0. The molecule has 6 aromatic carbocycles. The summed E-state index contributed by atoms with van der Waals surface area (Å²) in [6, 6.07) is 40.9. The topological polar surface area (TPSA) is 115 Å². The Bertz CT molecular complexity index is 2350. The Balaban J connectivity index is 1.07. The lowest BCUT2D eigenvalue weighted by molar-refractivity contribution is 0.0910. The second-order valence-corrected chi connectivity index (χ2v) is 13.6. The fourth-order valence-corrected chi connectivity index (χ4v) is 7.26. The molecule has 0 bridgehead atoms. The van der Waals surface area contributed by atoms with Gasteiger partial charge in [0, 0.05) is 35.6 Å². The minimum absolute atomic E-state index is 0.108. The van der Waals surface area contributed by atoms with Crippen LogP contribution in [-0.4, -0.2) is 48.5 Å². The molecule has 6 amide bonds. The van der Waals surface area contributed by atoms with Crippen molar-refractivity contribution >= 4 is 58.2 Å². The van der Waals surface area contributed by atoms with Gasteiger partial charge in [-0.3, -0.25) is 28.8 Å². The van der Waals surface area contributed by atoms with Gasteiger partial charge in [0.05, 0.1) is 33.6 Å². The molecule has 10 nitrogen and oxygen atoms in total. The lowest BCUT2D eigenvalue weighted by atomic mass is 10.1. The number of para-hydroxylation sites is 2. The van der Waals surface area contributed by atoms with Gasteiger partial charge in [-0.05, 0) is 110 Å². The van der Waals surface area contributed by atoms with Crippen LogP contribution in [0.2, 0.25) is 0 Å². The van der Waals surface area contributed by atoms with E-state index in [9.17, 15) is 28.8 Å². The van der Waals surface area contributed by atoms with E-state index in [2.05, 4.69) is 0 Å². The normalized spacial score (nSPS) is 13.2. The van der Waals surface area contributed by atoms with Gasteiger partial charge in [-0.2, -0.15) is 0 Å². The van der Waals surface area contributed by atoms with E-state index in [4.69, 9.17) is 0 Å². The Morgan fingerprint density at radius 2 is 0.696 bits per heavy atom. The number of benzene rings is 6. The molecular formula is C46H34N4O6. The number of amides is 6. The average Bonchev–Trinajstić information content (AvgIpc) is 3.64. The van der Waals surface area contributed by atoms with Crippen molar-refractivity contribution in [3.05, 3.63) is 190 Å². The van der Waals surface area contributed by atoms with E-state index in [-0.39, 0.29) is 24.9 Å². The van der Waals surface area contributed by atoms with Gasteiger partial charge in [-0.15, -0.1) is 0 Å². The number of fused-ring (bicyclic) bond motifs is 2. The number of hydrogen-bond donors (Lipinski definition) is 0. The predicted molar refractivity (Wildman–Crippen MR) is 214 cm³/mol. The van der Waals surface area contributed by atoms with Crippen molar-refractivity contribution in [3.8, 4) is 0 Å². The van der Waals surface area contributed by atoms with Crippen LogP contribution in [0.4, 0.5) is 22.7 Å². The van der Waals surface area contributed by atoms with Crippen LogP contribution in [0.5, 0.6) is 0 Å². The highest BCUT2D eigenvalue weighted by Gasteiger charge is 2.37. The molecule has 2 aliphatic heterocycles. The first kappa shape index (κ1) is 35.6. The molecule has 2 heterocycles. The van der Waals surface area contributed by atoms with Crippen molar-refractivity contribution in [1.82, 2.24) is 0 Å². The maximum atomic E-state index is 14.4. The third kappa shape index (κ3) is 6.12. The van der Waals surface area contributed by atoms with Gasteiger partial charge in [0.25, 0.3) is 35.4 Å². The fourth-order valence-electron chi connectivity index (χ4n) is 7.26. The maximum absolute atomic E-state index is 14.4. The summed E-state index contributed by atoms with van der Waals surface area (Å²) in [5.74, 6) is -2.38. The van der Waals surface area contributed by atoms with Crippen LogP contribution < -0.4 is 19.6 Å². The van der Waals surface area contributed by atoms with Crippen LogP contribution in [0.15, 0.2) is 146 Å². The van der Waals surface area contributed by atoms with Crippen molar-refractivity contribution < 1.29 is 28.8 Å².